The second-order valence-electron chi connectivity index (χ2n) is 5.77. The zero-order chi connectivity index (χ0) is 18.4. The molecule has 26 heavy (non-hydrogen) atoms. The Morgan fingerprint density at radius 1 is 1.31 bits per heavy atom. The van der Waals surface area contributed by atoms with Gasteiger partial charge in [-0.2, -0.15) is 0 Å². The first-order valence-electron chi connectivity index (χ1n) is 8.42. The highest BCUT2D eigenvalue weighted by Gasteiger charge is 2.18. The van der Waals surface area contributed by atoms with Crippen molar-refractivity contribution < 1.29 is 9.53 Å². The van der Waals surface area contributed by atoms with Crippen LogP contribution in [0.3, 0.4) is 0 Å². The maximum Gasteiger partial charge on any atom is 0.233 e. The molecule has 0 saturated heterocycles. The van der Waals surface area contributed by atoms with Crippen molar-refractivity contribution in [3.05, 3.63) is 42.7 Å². The molecule has 0 bridgehead atoms. The summed E-state index contributed by atoms with van der Waals surface area (Å²) in [6.07, 6.45) is 2.38. The largest absolute Gasteiger partial charge is 0.385 e. The first-order valence-corrected chi connectivity index (χ1v) is 10.1. The lowest BCUT2D eigenvalue weighted by Gasteiger charge is -2.11. The molecule has 136 valence electrons. The average molecular weight is 388 g/mol. The molecule has 0 saturated carbocycles. The Bertz CT molecular complexity index is 868. The molecule has 5 nitrogen and oxygen atoms in total. The van der Waals surface area contributed by atoms with Crippen molar-refractivity contribution >= 4 is 39.2 Å². The maximum absolute atomic E-state index is 12.3. The number of hydrogen-bond donors (Lipinski definition) is 1. The zero-order valence-corrected chi connectivity index (χ0v) is 16.4. The van der Waals surface area contributed by atoms with E-state index in [-0.39, 0.29) is 11.2 Å². The van der Waals surface area contributed by atoms with Gasteiger partial charge in [-0.1, -0.05) is 42.1 Å². The zero-order valence-electron chi connectivity index (χ0n) is 14.8. The van der Waals surface area contributed by atoms with Gasteiger partial charge in [-0.25, -0.2) is 9.97 Å². The average Bonchev–Trinajstić information content (AvgIpc) is 3.11. The Morgan fingerprint density at radius 2 is 2.12 bits per heavy atom. The fourth-order valence-electron chi connectivity index (χ4n) is 2.47. The molecule has 1 amide bonds. The molecule has 2 heterocycles. The SMILES string of the molecule is COCCCNC(=O)C(C)Sc1ncnc2sc(-c3ccccc3)cc12. The number of fused-ring (bicyclic) bond motifs is 1. The van der Waals surface area contributed by atoms with E-state index in [9.17, 15) is 4.79 Å². The Labute approximate surface area is 161 Å². The smallest absolute Gasteiger partial charge is 0.233 e. The molecule has 3 rings (SSSR count). The van der Waals surface area contributed by atoms with Gasteiger partial charge in [0.05, 0.1) is 5.25 Å². The second kappa shape index (κ2) is 9.12. The summed E-state index contributed by atoms with van der Waals surface area (Å²) in [6, 6.07) is 12.3. The van der Waals surface area contributed by atoms with Crippen LogP contribution in [0.4, 0.5) is 0 Å². The monoisotopic (exact) mass is 387 g/mol. The van der Waals surface area contributed by atoms with Crippen LogP contribution in [0.5, 0.6) is 0 Å². The number of carbonyl (C=O) groups excluding carboxylic acids is 1. The molecule has 0 spiro atoms. The quantitative estimate of drug-likeness (QED) is 0.360. The molecule has 0 aliphatic heterocycles. The number of benzene rings is 1. The van der Waals surface area contributed by atoms with Gasteiger partial charge in [0.15, 0.2) is 0 Å². The van der Waals surface area contributed by atoms with Gasteiger partial charge in [-0.3, -0.25) is 4.79 Å². The minimum atomic E-state index is -0.226. The minimum Gasteiger partial charge on any atom is -0.385 e. The van der Waals surface area contributed by atoms with Crippen LogP contribution < -0.4 is 5.32 Å². The van der Waals surface area contributed by atoms with E-state index in [2.05, 4.69) is 33.5 Å². The summed E-state index contributed by atoms with van der Waals surface area (Å²) in [4.78, 5) is 23.1. The first-order chi connectivity index (χ1) is 12.7. The minimum absolute atomic E-state index is 0.0105. The number of rotatable bonds is 8. The lowest BCUT2D eigenvalue weighted by atomic mass is 10.2. The number of carbonyl (C=O) groups is 1. The van der Waals surface area contributed by atoms with Crippen molar-refractivity contribution in [2.45, 2.75) is 23.6 Å². The number of thioether (sulfide) groups is 1. The lowest BCUT2D eigenvalue weighted by Crippen LogP contribution is -2.32. The van der Waals surface area contributed by atoms with Gasteiger partial charge >= 0.3 is 0 Å². The van der Waals surface area contributed by atoms with E-state index in [1.54, 1.807) is 24.8 Å². The summed E-state index contributed by atoms with van der Waals surface area (Å²) in [5.74, 6) is 0.0105. The maximum atomic E-state index is 12.3. The summed E-state index contributed by atoms with van der Waals surface area (Å²) >= 11 is 3.11. The Balaban J connectivity index is 1.73. The van der Waals surface area contributed by atoms with Crippen LogP contribution in [0.15, 0.2) is 47.8 Å². The number of aromatic nitrogens is 2. The van der Waals surface area contributed by atoms with Crippen LogP contribution in [0.25, 0.3) is 20.7 Å². The molecule has 1 atom stereocenters. The fraction of sp³-hybridized carbons (Fsp3) is 0.316. The molecule has 1 unspecified atom stereocenters. The molecule has 0 aliphatic carbocycles. The fourth-order valence-corrected chi connectivity index (χ4v) is 4.45. The molecular weight excluding hydrogens is 366 g/mol. The van der Waals surface area contributed by atoms with E-state index in [0.29, 0.717) is 13.2 Å². The van der Waals surface area contributed by atoms with Crippen LogP contribution >= 0.6 is 23.1 Å². The highest BCUT2D eigenvalue weighted by molar-refractivity contribution is 8.00. The first kappa shape index (κ1) is 18.8. The van der Waals surface area contributed by atoms with Crippen LogP contribution in [0, 0.1) is 0 Å². The third-order valence-corrected chi connectivity index (χ3v) is 6.04. The number of thiophene rings is 1. The normalized spacial score (nSPS) is 12.2. The van der Waals surface area contributed by atoms with Crippen molar-refractivity contribution in [3.8, 4) is 10.4 Å². The van der Waals surface area contributed by atoms with Crippen molar-refractivity contribution in [3.63, 3.8) is 0 Å². The van der Waals surface area contributed by atoms with Crippen LogP contribution in [0.1, 0.15) is 13.3 Å². The molecule has 0 aliphatic rings. The number of nitrogens with zero attached hydrogens (tertiary/aromatic N) is 2. The molecule has 0 fully saturated rings. The van der Waals surface area contributed by atoms with Gasteiger partial charge < -0.3 is 10.1 Å². The Kier molecular flexibility index (Phi) is 6.60. The molecule has 2 aromatic heterocycles. The van der Waals surface area contributed by atoms with Crippen LogP contribution in [-0.4, -0.2) is 41.4 Å². The third kappa shape index (κ3) is 4.60. The van der Waals surface area contributed by atoms with Crippen LogP contribution in [-0.2, 0) is 9.53 Å². The van der Waals surface area contributed by atoms with E-state index in [1.165, 1.54) is 11.8 Å². The van der Waals surface area contributed by atoms with Gasteiger partial charge in [0.25, 0.3) is 0 Å². The molecular formula is C19H21N3O2S2. The lowest BCUT2D eigenvalue weighted by molar-refractivity contribution is -0.120. The second-order valence-corrected chi connectivity index (χ2v) is 8.13. The number of ether oxygens (including phenoxy) is 1. The summed E-state index contributed by atoms with van der Waals surface area (Å²) in [7, 11) is 1.66. The van der Waals surface area contributed by atoms with Gasteiger partial charge in [-0.05, 0) is 25.0 Å². The molecule has 1 aromatic carbocycles. The van der Waals surface area contributed by atoms with Crippen molar-refractivity contribution in [1.82, 2.24) is 15.3 Å². The number of nitrogens with one attached hydrogen (secondary N) is 1. The highest BCUT2D eigenvalue weighted by atomic mass is 32.2. The Hall–Kier alpha value is -1.96. The predicted octanol–water partition coefficient (Wildman–Crippen LogP) is 3.99. The topological polar surface area (TPSA) is 64.1 Å². The van der Waals surface area contributed by atoms with Crippen molar-refractivity contribution in [2.24, 2.45) is 0 Å². The predicted molar refractivity (Wildman–Crippen MR) is 108 cm³/mol. The molecule has 0 radical (unpaired) electrons. The Morgan fingerprint density at radius 3 is 2.88 bits per heavy atom. The van der Waals surface area contributed by atoms with E-state index in [4.69, 9.17) is 4.74 Å². The van der Waals surface area contributed by atoms with Crippen LogP contribution in [0.2, 0.25) is 0 Å². The van der Waals surface area contributed by atoms with E-state index >= 15 is 0 Å². The van der Waals surface area contributed by atoms with E-state index in [0.717, 1.165) is 32.1 Å². The summed E-state index contributed by atoms with van der Waals surface area (Å²) in [6.45, 7) is 3.16. The van der Waals surface area contributed by atoms with Gasteiger partial charge in [0.1, 0.15) is 16.2 Å². The standard InChI is InChI=1S/C19H21N3O2S2/c1-13(17(23)20-9-6-10-24-2)25-18-15-11-16(14-7-4-3-5-8-14)26-19(15)22-12-21-18/h3-5,7-8,11-13H,6,9-10H2,1-2H3,(H,20,23). The van der Waals surface area contributed by atoms with Gasteiger partial charge in [0, 0.05) is 30.5 Å². The van der Waals surface area contributed by atoms with E-state index < -0.39 is 0 Å². The molecule has 1 N–H and O–H groups in total. The van der Waals surface area contributed by atoms with Crippen molar-refractivity contribution in [2.75, 3.05) is 20.3 Å². The number of amides is 1. The van der Waals surface area contributed by atoms with Crippen molar-refractivity contribution in [1.29, 1.82) is 0 Å². The summed E-state index contributed by atoms with van der Waals surface area (Å²) in [5, 5.41) is 4.55. The van der Waals surface area contributed by atoms with Gasteiger partial charge in [-0.15, -0.1) is 11.3 Å². The van der Waals surface area contributed by atoms with E-state index in [1.807, 2.05) is 25.1 Å². The summed E-state index contributed by atoms with van der Waals surface area (Å²) < 4.78 is 4.99. The summed E-state index contributed by atoms with van der Waals surface area (Å²) in [5.41, 5.74) is 1.16. The number of methoxy groups -OCH3 is 1. The third-order valence-electron chi connectivity index (χ3n) is 3.83. The highest BCUT2D eigenvalue weighted by Crippen LogP contribution is 2.37. The molecule has 7 heteroatoms. The molecule has 3 aromatic rings. The van der Waals surface area contributed by atoms with Gasteiger partial charge in [0.2, 0.25) is 5.91 Å². The number of hydrogen-bond acceptors (Lipinski definition) is 6.